The van der Waals surface area contributed by atoms with Crippen molar-refractivity contribution in [3.05, 3.63) is 71.4 Å². The average molecular weight is 555 g/mol. The van der Waals surface area contributed by atoms with Crippen LogP contribution in [0.4, 0.5) is 10.8 Å². The number of aliphatic hydroxyl groups is 8. The molecule has 0 saturated carbocycles. The molecule has 3 aromatic rings. The van der Waals surface area contributed by atoms with Gasteiger partial charge in [0.15, 0.2) is 16.9 Å². The highest BCUT2D eigenvalue weighted by Gasteiger charge is 2.55. The van der Waals surface area contributed by atoms with E-state index in [1.165, 1.54) is 17.4 Å². The Bertz CT molecular complexity index is 1260. The highest BCUT2D eigenvalue weighted by atomic mass is 32.1. The number of aromatic nitrogens is 1. The van der Waals surface area contributed by atoms with Gasteiger partial charge in [-0.2, -0.15) is 0 Å². The molecule has 2 aromatic carbocycles. The topological polar surface area (TPSA) is 271 Å². The quantitative estimate of drug-likeness (QED) is 0.116. The second kappa shape index (κ2) is 10.5. The number of ether oxygens (including phenoxy) is 1. The zero-order valence-corrected chi connectivity index (χ0v) is 20.4. The first-order valence-electron chi connectivity index (χ1n) is 10.6. The van der Waals surface area contributed by atoms with Crippen LogP contribution in [-0.4, -0.2) is 75.8 Å². The lowest BCUT2D eigenvalue weighted by Crippen LogP contribution is -2.69. The van der Waals surface area contributed by atoms with Crippen molar-refractivity contribution in [1.29, 1.82) is 0 Å². The molecule has 3 rings (SSSR count). The number of methoxy groups -OCH3 is 1. The van der Waals surface area contributed by atoms with Gasteiger partial charge in [0.1, 0.15) is 0 Å². The fourth-order valence-electron chi connectivity index (χ4n) is 3.44. The maximum absolute atomic E-state index is 12.3. The lowest BCUT2D eigenvalue weighted by Gasteiger charge is -2.41. The van der Waals surface area contributed by atoms with E-state index >= 15 is 0 Å². The van der Waals surface area contributed by atoms with Gasteiger partial charge in [-0.3, -0.25) is 4.79 Å². The van der Waals surface area contributed by atoms with Gasteiger partial charge in [0.25, 0.3) is 29.3 Å². The Morgan fingerprint density at radius 3 is 2.05 bits per heavy atom. The summed E-state index contributed by atoms with van der Waals surface area (Å²) in [6.45, 7) is 0. The number of nitrogens with one attached hydrogen (secondary N) is 2. The summed E-state index contributed by atoms with van der Waals surface area (Å²) in [5.41, 5.74) is 4.02. The number of benzene rings is 2. The number of carbonyl (C=O) groups is 1. The van der Waals surface area contributed by atoms with E-state index in [1.54, 1.807) is 18.2 Å². The summed E-state index contributed by atoms with van der Waals surface area (Å²) in [5, 5.41) is 95.3. The first-order valence-corrected chi connectivity index (χ1v) is 11.4. The number of nitrogens with two attached hydrogens (primary N) is 1. The predicted octanol–water partition coefficient (Wildman–Crippen LogP) is -2.40. The van der Waals surface area contributed by atoms with E-state index in [1.807, 2.05) is 0 Å². The SMILES string of the molecule is COC(c1ccccc1)C(O)(O)NC(O)(O)C(O)(O)c1ccc(NC(=O)C(O)(O)c2nc(N)sc2O)cc1. The van der Waals surface area contributed by atoms with Gasteiger partial charge >= 0.3 is 0 Å². The average Bonchev–Trinajstić information content (AvgIpc) is 3.18. The van der Waals surface area contributed by atoms with E-state index in [9.17, 15) is 50.8 Å². The smallest absolute Gasteiger partial charge is 0.294 e. The molecule has 1 amide bonds. The number of aromatic hydroxyl groups is 1. The fourth-order valence-corrected chi connectivity index (χ4v) is 4.06. The first-order chi connectivity index (χ1) is 17.5. The molecule has 0 saturated heterocycles. The zero-order chi connectivity index (χ0) is 28.5. The molecule has 15 nitrogen and oxygen atoms in total. The Morgan fingerprint density at radius 1 is 0.974 bits per heavy atom. The predicted molar refractivity (Wildman–Crippen MR) is 129 cm³/mol. The van der Waals surface area contributed by atoms with Crippen LogP contribution < -0.4 is 16.4 Å². The number of amides is 1. The van der Waals surface area contributed by atoms with Gasteiger partial charge in [-0.1, -0.05) is 53.8 Å². The Kier molecular flexibility index (Phi) is 8.08. The largest absolute Gasteiger partial charge is 0.498 e. The highest BCUT2D eigenvalue weighted by molar-refractivity contribution is 7.17. The van der Waals surface area contributed by atoms with E-state index in [2.05, 4.69) is 10.3 Å². The van der Waals surface area contributed by atoms with Crippen molar-refractivity contribution in [3.63, 3.8) is 0 Å². The van der Waals surface area contributed by atoms with Crippen molar-refractivity contribution in [1.82, 2.24) is 10.3 Å². The number of nitrogens with zero attached hydrogens (tertiary/aromatic N) is 1. The molecular weight excluding hydrogens is 528 g/mol. The van der Waals surface area contributed by atoms with Gasteiger partial charge in [-0.15, -0.1) is 0 Å². The minimum atomic E-state index is -3.79. The second-order valence-electron chi connectivity index (χ2n) is 8.13. The van der Waals surface area contributed by atoms with Crippen molar-refractivity contribution < 1.29 is 55.5 Å². The summed E-state index contributed by atoms with van der Waals surface area (Å²) in [4.78, 5) is 15.8. The first kappa shape index (κ1) is 29.3. The lowest BCUT2D eigenvalue weighted by molar-refractivity contribution is -0.416. The maximum atomic E-state index is 12.3. The van der Waals surface area contributed by atoms with Crippen molar-refractivity contribution >= 4 is 28.1 Å². The van der Waals surface area contributed by atoms with E-state index in [-0.39, 0.29) is 16.4 Å². The number of hydrogen-bond acceptors (Lipinski definition) is 15. The lowest BCUT2D eigenvalue weighted by atomic mass is 10.00. The Balaban J connectivity index is 1.78. The van der Waals surface area contributed by atoms with Crippen molar-refractivity contribution in [2.45, 2.75) is 29.5 Å². The molecule has 0 fully saturated rings. The molecule has 0 spiro atoms. The van der Waals surface area contributed by atoms with E-state index in [0.29, 0.717) is 11.3 Å². The molecule has 13 N–H and O–H groups in total. The van der Waals surface area contributed by atoms with Crippen molar-refractivity contribution in [2.24, 2.45) is 0 Å². The summed E-state index contributed by atoms with van der Waals surface area (Å²) in [7, 11) is 1.10. The molecule has 0 aliphatic carbocycles. The normalized spacial score (nSPS) is 13.8. The third-order valence-electron chi connectivity index (χ3n) is 5.37. The molecule has 1 atom stereocenters. The molecule has 1 aromatic heterocycles. The number of thiazole rings is 1. The molecule has 0 aliphatic rings. The fraction of sp³-hybridized carbons (Fsp3) is 0.273. The molecule has 38 heavy (non-hydrogen) atoms. The van der Waals surface area contributed by atoms with Crippen LogP contribution in [0.5, 0.6) is 5.06 Å². The molecule has 1 heterocycles. The van der Waals surface area contributed by atoms with Crippen LogP contribution in [0, 0.1) is 0 Å². The monoisotopic (exact) mass is 554 g/mol. The summed E-state index contributed by atoms with van der Waals surface area (Å²) in [6.07, 6.45) is -1.61. The van der Waals surface area contributed by atoms with Crippen molar-refractivity contribution in [3.8, 4) is 5.06 Å². The molecule has 16 heteroatoms. The summed E-state index contributed by atoms with van der Waals surface area (Å²) in [6, 6.07) is 11.5. The third kappa shape index (κ3) is 5.75. The highest BCUT2D eigenvalue weighted by Crippen LogP contribution is 2.35. The van der Waals surface area contributed by atoms with Crippen molar-refractivity contribution in [2.75, 3.05) is 18.2 Å². The number of rotatable bonds is 10. The standard InChI is InChI=1S/C22H26N4O11S/c1-37-15(11-5-3-2-4-6-11)21(33,34)26-22(35,36)20(31,32)12-7-9-13(10-8-12)24-17(28)19(29,30)14-16(27)38-18(23)25-14/h2-10,15,26-27,29-36H,1H3,(H2,23,25)(H,24,28). The minimum Gasteiger partial charge on any atom is -0.498 e. The van der Waals surface area contributed by atoms with E-state index in [4.69, 9.17) is 10.5 Å². The second-order valence-corrected chi connectivity index (χ2v) is 9.14. The number of nitrogen functional groups attached to an aromatic ring is 1. The van der Waals surface area contributed by atoms with E-state index in [0.717, 1.165) is 31.4 Å². The van der Waals surface area contributed by atoms with Gasteiger partial charge in [0.2, 0.25) is 5.06 Å². The van der Waals surface area contributed by atoms with Gasteiger partial charge in [-0.25, -0.2) is 10.3 Å². The van der Waals surface area contributed by atoms with Crippen LogP contribution in [0.25, 0.3) is 0 Å². The minimum absolute atomic E-state index is 0.138. The molecule has 206 valence electrons. The molecule has 0 radical (unpaired) electrons. The molecule has 1 unspecified atom stereocenters. The van der Waals surface area contributed by atoms with Crippen LogP contribution in [0.3, 0.4) is 0 Å². The maximum Gasteiger partial charge on any atom is 0.294 e. The van der Waals surface area contributed by atoms with Crippen LogP contribution >= 0.6 is 11.3 Å². The van der Waals surface area contributed by atoms with Crippen LogP contribution in [0.2, 0.25) is 0 Å². The Morgan fingerprint density at radius 2 is 1.55 bits per heavy atom. The van der Waals surface area contributed by atoms with Gasteiger partial charge in [-0.05, 0) is 17.7 Å². The summed E-state index contributed by atoms with van der Waals surface area (Å²) < 4.78 is 5.03. The number of anilines is 2. The van der Waals surface area contributed by atoms with Gasteiger partial charge in [0.05, 0.1) is 0 Å². The van der Waals surface area contributed by atoms with E-state index < -0.39 is 51.7 Å². The van der Waals surface area contributed by atoms with Crippen LogP contribution in [0.1, 0.15) is 22.9 Å². The van der Waals surface area contributed by atoms with Gasteiger partial charge < -0.3 is 61.7 Å². The molecular formula is C22H26N4O11S. The number of carbonyl (C=O) groups excluding carboxylic acids is 1. The van der Waals surface area contributed by atoms with Crippen LogP contribution in [-0.2, 0) is 21.1 Å². The number of hydrogen-bond donors (Lipinski definition) is 12. The zero-order valence-electron chi connectivity index (χ0n) is 19.5. The third-order valence-corrected chi connectivity index (χ3v) is 6.05. The summed E-state index contributed by atoms with van der Waals surface area (Å²) >= 11 is 0.502. The Hall–Kier alpha value is -3.26. The summed E-state index contributed by atoms with van der Waals surface area (Å²) in [5.74, 6) is -15.3. The molecule has 0 bridgehead atoms. The van der Waals surface area contributed by atoms with Gasteiger partial charge in [0, 0.05) is 18.4 Å². The van der Waals surface area contributed by atoms with Crippen LogP contribution in [0.15, 0.2) is 54.6 Å². The Labute approximate surface area is 218 Å². The molecule has 0 aliphatic heterocycles.